The molecule has 0 N–H and O–H groups in total. The second-order valence-electron chi connectivity index (χ2n) is 5.10. The van der Waals surface area contributed by atoms with Crippen molar-refractivity contribution in [2.24, 2.45) is 0 Å². The summed E-state index contributed by atoms with van der Waals surface area (Å²) in [5, 5.41) is 9.29. The zero-order valence-electron chi connectivity index (χ0n) is 12.9. The van der Waals surface area contributed by atoms with Gasteiger partial charge in [0.25, 0.3) is 0 Å². The Hall–Kier alpha value is -2.86. The fourth-order valence-electron chi connectivity index (χ4n) is 2.25. The van der Waals surface area contributed by atoms with E-state index in [9.17, 15) is 10.1 Å². The molecule has 0 aromatic heterocycles. The predicted molar refractivity (Wildman–Crippen MR) is 86.8 cm³/mol. The number of aryl methyl sites for hydroxylation is 2. The number of hydrogen-bond donors (Lipinski definition) is 0. The molecule has 110 valence electrons. The first-order chi connectivity index (χ1) is 10.5. The van der Waals surface area contributed by atoms with Gasteiger partial charge in [0.1, 0.15) is 17.4 Å². The van der Waals surface area contributed by atoms with Crippen LogP contribution in [0.15, 0.2) is 48.0 Å². The summed E-state index contributed by atoms with van der Waals surface area (Å²) in [6, 6.07) is 14.8. The molecule has 3 heteroatoms. The van der Waals surface area contributed by atoms with E-state index in [0.29, 0.717) is 5.56 Å². The zero-order chi connectivity index (χ0) is 16.1. The highest BCUT2D eigenvalue weighted by molar-refractivity contribution is 6.14. The molecule has 0 bridgehead atoms. The van der Waals surface area contributed by atoms with Crippen molar-refractivity contribution in [3.63, 3.8) is 0 Å². The molecule has 0 saturated heterocycles. The number of methoxy groups -OCH3 is 1. The standard InChI is InChI=1S/C19H17NO2/c1-13-5-4-6-16(9-13)19(21)17(12-20)11-15-7-8-18(22-3)14(2)10-15/h4-11H,1-3H3/b17-11+. The van der Waals surface area contributed by atoms with Crippen LogP contribution < -0.4 is 4.74 Å². The van der Waals surface area contributed by atoms with Gasteiger partial charge in [0.05, 0.1) is 7.11 Å². The Morgan fingerprint density at radius 3 is 2.55 bits per heavy atom. The molecule has 0 aliphatic rings. The summed E-state index contributed by atoms with van der Waals surface area (Å²) in [7, 11) is 1.61. The van der Waals surface area contributed by atoms with E-state index in [1.807, 2.05) is 50.2 Å². The fraction of sp³-hybridized carbons (Fsp3) is 0.158. The fourth-order valence-corrected chi connectivity index (χ4v) is 2.25. The summed E-state index contributed by atoms with van der Waals surface area (Å²) in [5.74, 6) is 0.514. The van der Waals surface area contributed by atoms with Crippen LogP contribution >= 0.6 is 0 Å². The lowest BCUT2D eigenvalue weighted by Gasteiger charge is -2.05. The summed E-state index contributed by atoms with van der Waals surface area (Å²) in [6.45, 7) is 3.84. The Morgan fingerprint density at radius 2 is 1.95 bits per heavy atom. The quantitative estimate of drug-likeness (QED) is 0.484. The number of Topliss-reactive ketones (excluding diaryl/α,β-unsaturated/α-hetero) is 1. The molecular formula is C19H17NO2. The molecule has 0 aliphatic carbocycles. The number of nitrogens with zero attached hydrogens (tertiary/aromatic N) is 1. The van der Waals surface area contributed by atoms with E-state index in [4.69, 9.17) is 4.74 Å². The van der Waals surface area contributed by atoms with Crippen molar-refractivity contribution < 1.29 is 9.53 Å². The molecule has 0 aliphatic heterocycles. The molecule has 3 nitrogen and oxygen atoms in total. The van der Waals surface area contributed by atoms with Gasteiger partial charge in [0, 0.05) is 5.56 Å². The van der Waals surface area contributed by atoms with Crippen LogP contribution in [0.2, 0.25) is 0 Å². The van der Waals surface area contributed by atoms with Gasteiger partial charge in [-0.3, -0.25) is 4.79 Å². The number of ether oxygens (including phenoxy) is 1. The van der Waals surface area contributed by atoms with Gasteiger partial charge in [-0.05, 0) is 49.2 Å². The molecule has 2 aromatic rings. The van der Waals surface area contributed by atoms with Gasteiger partial charge in [-0.1, -0.05) is 29.8 Å². The first-order valence-corrected chi connectivity index (χ1v) is 6.93. The van der Waals surface area contributed by atoms with Crippen molar-refractivity contribution in [1.29, 1.82) is 5.26 Å². The Balaban J connectivity index is 2.37. The molecule has 2 rings (SSSR count). The molecule has 22 heavy (non-hydrogen) atoms. The van der Waals surface area contributed by atoms with Crippen molar-refractivity contribution >= 4 is 11.9 Å². The van der Waals surface area contributed by atoms with Gasteiger partial charge in [0.15, 0.2) is 0 Å². The Morgan fingerprint density at radius 1 is 1.18 bits per heavy atom. The first kappa shape index (κ1) is 15.5. The molecule has 2 aromatic carbocycles. The molecule has 0 saturated carbocycles. The number of benzene rings is 2. The summed E-state index contributed by atoms with van der Waals surface area (Å²) in [6.07, 6.45) is 1.61. The van der Waals surface area contributed by atoms with Crippen molar-refractivity contribution in [2.45, 2.75) is 13.8 Å². The highest BCUT2D eigenvalue weighted by atomic mass is 16.5. The second kappa shape index (κ2) is 6.73. The Bertz CT molecular complexity index is 782. The smallest absolute Gasteiger partial charge is 0.203 e. The maximum absolute atomic E-state index is 12.4. The van der Waals surface area contributed by atoms with E-state index in [-0.39, 0.29) is 11.4 Å². The van der Waals surface area contributed by atoms with E-state index in [1.54, 1.807) is 25.3 Å². The lowest BCUT2D eigenvalue weighted by molar-refractivity contribution is 0.104. The average Bonchev–Trinajstić information content (AvgIpc) is 2.52. The maximum atomic E-state index is 12.4. The summed E-state index contributed by atoms with van der Waals surface area (Å²) < 4.78 is 5.21. The third kappa shape index (κ3) is 3.42. The van der Waals surface area contributed by atoms with Crippen LogP contribution in [-0.4, -0.2) is 12.9 Å². The number of carbonyl (C=O) groups is 1. The molecule has 0 atom stereocenters. The van der Waals surface area contributed by atoms with Gasteiger partial charge in [0.2, 0.25) is 5.78 Å². The normalized spacial score (nSPS) is 10.9. The summed E-state index contributed by atoms with van der Waals surface area (Å²) in [5.41, 5.74) is 3.39. The third-order valence-corrected chi connectivity index (χ3v) is 3.38. The van der Waals surface area contributed by atoms with Gasteiger partial charge in [-0.15, -0.1) is 0 Å². The number of rotatable bonds is 4. The topological polar surface area (TPSA) is 50.1 Å². The number of allylic oxidation sites excluding steroid dienone is 1. The van der Waals surface area contributed by atoms with Crippen LogP contribution in [0.4, 0.5) is 0 Å². The van der Waals surface area contributed by atoms with E-state index >= 15 is 0 Å². The Labute approximate surface area is 130 Å². The average molecular weight is 291 g/mol. The number of nitriles is 1. The summed E-state index contributed by atoms with van der Waals surface area (Å²) >= 11 is 0. The third-order valence-electron chi connectivity index (χ3n) is 3.38. The van der Waals surface area contributed by atoms with Gasteiger partial charge < -0.3 is 4.74 Å². The van der Waals surface area contributed by atoms with E-state index < -0.39 is 0 Å². The van der Waals surface area contributed by atoms with Crippen molar-refractivity contribution in [1.82, 2.24) is 0 Å². The van der Waals surface area contributed by atoms with Gasteiger partial charge >= 0.3 is 0 Å². The SMILES string of the molecule is COc1ccc(/C=C(\C#N)C(=O)c2cccc(C)c2)cc1C. The van der Waals surface area contributed by atoms with Crippen LogP contribution in [0.1, 0.15) is 27.0 Å². The van der Waals surface area contributed by atoms with Crippen LogP contribution in [0.3, 0.4) is 0 Å². The zero-order valence-corrected chi connectivity index (χ0v) is 12.9. The number of ketones is 1. The molecule has 0 unspecified atom stereocenters. The Kier molecular flexibility index (Phi) is 4.75. The van der Waals surface area contributed by atoms with Crippen molar-refractivity contribution in [3.05, 3.63) is 70.3 Å². The van der Waals surface area contributed by atoms with Crippen LogP contribution in [-0.2, 0) is 0 Å². The molecule has 0 amide bonds. The molecule has 0 radical (unpaired) electrons. The first-order valence-electron chi connectivity index (χ1n) is 6.93. The minimum atomic E-state index is -0.264. The molecule has 0 spiro atoms. The molecular weight excluding hydrogens is 274 g/mol. The molecule has 0 heterocycles. The minimum absolute atomic E-state index is 0.121. The van der Waals surface area contributed by atoms with Crippen molar-refractivity contribution in [3.8, 4) is 11.8 Å². The largest absolute Gasteiger partial charge is 0.496 e. The maximum Gasteiger partial charge on any atom is 0.203 e. The van der Waals surface area contributed by atoms with Crippen LogP contribution in [0.25, 0.3) is 6.08 Å². The van der Waals surface area contributed by atoms with Gasteiger partial charge in [-0.25, -0.2) is 0 Å². The lowest BCUT2D eigenvalue weighted by atomic mass is 10.00. The van der Waals surface area contributed by atoms with Crippen LogP contribution in [0.5, 0.6) is 5.75 Å². The van der Waals surface area contributed by atoms with E-state index in [1.165, 1.54) is 0 Å². The monoisotopic (exact) mass is 291 g/mol. The predicted octanol–water partition coefficient (Wildman–Crippen LogP) is 4.10. The number of carbonyl (C=O) groups excluding carboxylic acids is 1. The number of hydrogen-bond acceptors (Lipinski definition) is 3. The van der Waals surface area contributed by atoms with E-state index in [0.717, 1.165) is 22.4 Å². The molecule has 0 fully saturated rings. The van der Waals surface area contributed by atoms with Crippen molar-refractivity contribution in [2.75, 3.05) is 7.11 Å². The van der Waals surface area contributed by atoms with E-state index in [2.05, 4.69) is 0 Å². The highest BCUT2D eigenvalue weighted by Gasteiger charge is 2.12. The van der Waals surface area contributed by atoms with Gasteiger partial charge in [-0.2, -0.15) is 5.26 Å². The minimum Gasteiger partial charge on any atom is -0.496 e. The van der Waals surface area contributed by atoms with Crippen LogP contribution in [0, 0.1) is 25.2 Å². The lowest BCUT2D eigenvalue weighted by Crippen LogP contribution is -2.02. The summed E-state index contributed by atoms with van der Waals surface area (Å²) in [4.78, 5) is 12.4. The highest BCUT2D eigenvalue weighted by Crippen LogP contribution is 2.21. The second-order valence-corrected chi connectivity index (χ2v) is 5.10.